The average molecular weight is 296 g/mol. The van der Waals surface area contributed by atoms with Gasteiger partial charge in [0.1, 0.15) is 0 Å². The Labute approximate surface area is 111 Å². The van der Waals surface area contributed by atoms with E-state index in [-0.39, 0.29) is 5.91 Å². The number of amides is 1. The molecule has 1 amide bonds. The van der Waals surface area contributed by atoms with E-state index in [1.54, 1.807) is 0 Å². The monoisotopic (exact) mass is 295 g/mol. The van der Waals surface area contributed by atoms with Crippen molar-refractivity contribution in [1.29, 1.82) is 0 Å². The third kappa shape index (κ3) is 3.09. The topological polar surface area (TPSA) is 20.3 Å². The second kappa shape index (κ2) is 5.67. The van der Waals surface area contributed by atoms with Crippen LogP contribution in [-0.2, 0) is 0 Å². The van der Waals surface area contributed by atoms with Gasteiger partial charge in [-0.25, -0.2) is 0 Å². The van der Waals surface area contributed by atoms with Gasteiger partial charge in [-0.15, -0.1) is 0 Å². The molecule has 3 heteroatoms. The second-order valence-corrected chi connectivity index (χ2v) is 5.59. The van der Waals surface area contributed by atoms with Crippen LogP contribution in [0.4, 0.5) is 0 Å². The predicted octanol–water partition coefficient (Wildman–Crippen LogP) is 3.71. The van der Waals surface area contributed by atoms with Crippen molar-refractivity contribution in [2.24, 2.45) is 5.92 Å². The van der Waals surface area contributed by atoms with Gasteiger partial charge < -0.3 is 4.90 Å². The van der Waals surface area contributed by atoms with Gasteiger partial charge in [0.2, 0.25) is 0 Å². The number of nitrogens with zero attached hydrogens (tertiary/aromatic N) is 1. The zero-order chi connectivity index (χ0) is 12.3. The molecule has 1 aromatic rings. The summed E-state index contributed by atoms with van der Waals surface area (Å²) < 4.78 is 1.01. The van der Waals surface area contributed by atoms with Gasteiger partial charge in [0.25, 0.3) is 5.91 Å². The molecule has 1 saturated heterocycles. The number of likely N-dealkylation sites (tertiary alicyclic amines) is 1. The number of hydrogen-bond donors (Lipinski definition) is 0. The van der Waals surface area contributed by atoms with E-state index in [2.05, 4.69) is 22.9 Å². The van der Waals surface area contributed by atoms with Gasteiger partial charge in [-0.2, -0.15) is 0 Å². The lowest BCUT2D eigenvalue weighted by Gasteiger charge is -2.32. The fourth-order valence-electron chi connectivity index (χ4n) is 2.36. The minimum Gasteiger partial charge on any atom is -0.338 e. The zero-order valence-electron chi connectivity index (χ0n) is 10.2. The minimum absolute atomic E-state index is 0.177. The highest BCUT2D eigenvalue weighted by molar-refractivity contribution is 9.10. The van der Waals surface area contributed by atoms with Crippen LogP contribution >= 0.6 is 15.9 Å². The molecule has 0 spiro atoms. The number of rotatable bonds is 2. The summed E-state index contributed by atoms with van der Waals surface area (Å²) in [6.07, 6.45) is 3.57. The summed E-state index contributed by atoms with van der Waals surface area (Å²) in [4.78, 5) is 14.3. The van der Waals surface area contributed by atoms with Crippen molar-refractivity contribution in [3.8, 4) is 0 Å². The van der Waals surface area contributed by atoms with Crippen LogP contribution in [0.2, 0.25) is 0 Å². The van der Waals surface area contributed by atoms with Crippen molar-refractivity contribution in [2.75, 3.05) is 13.1 Å². The maximum absolute atomic E-state index is 12.3. The Kier molecular flexibility index (Phi) is 4.21. The van der Waals surface area contributed by atoms with Gasteiger partial charge in [-0.05, 0) is 43.0 Å². The first-order valence-electron chi connectivity index (χ1n) is 6.25. The first-order chi connectivity index (χ1) is 8.20. The van der Waals surface area contributed by atoms with Crippen LogP contribution in [0.25, 0.3) is 0 Å². The maximum Gasteiger partial charge on any atom is 0.253 e. The highest BCUT2D eigenvalue weighted by Gasteiger charge is 2.23. The van der Waals surface area contributed by atoms with E-state index in [4.69, 9.17) is 0 Å². The Bertz CT molecular complexity index is 388. The quantitative estimate of drug-likeness (QED) is 0.814. The molecule has 1 fully saturated rings. The molecule has 92 valence electrons. The van der Waals surface area contributed by atoms with E-state index in [1.165, 1.54) is 12.8 Å². The summed E-state index contributed by atoms with van der Waals surface area (Å²) in [5.41, 5.74) is 0.796. The Balaban J connectivity index is 2.06. The molecule has 0 saturated carbocycles. The molecular weight excluding hydrogens is 278 g/mol. The Morgan fingerprint density at radius 2 is 2.12 bits per heavy atom. The van der Waals surface area contributed by atoms with Crippen LogP contribution in [0.1, 0.15) is 36.5 Å². The second-order valence-electron chi connectivity index (χ2n) is 4.67. The van der Waals surface area contributed by atoms with Gasteiger partial charge in [-0.3, -0.25) is 4.79 Å². The van der Waals surface area contributed by atoms with E-state index < -0.39 is 0 Å². The van der Waals surface area contributed by atoms with Crippen molar-refractivity contribution >= 4 is 21.8 Å². The van der Waals surface area contributed by atoms with E-state index in [1.807, 2.05) is 29.2 Å². The van der Waals surface area contributed by atoms with Crippen molar-refractivity contribution in [3.63, 3.8) is 0 Å². The summed E-state index contributed by atoms with van der Waals surface area (Å²) in [6.45, 7) is 4.04. The number of carbonyl (C=O) groups excluding carboxylic acids is 1. The Morgan fingerprint density at radius 1 is 1.41 bits per heavy atom. The summed E-state index contributed by atoms with van der Waals surface area (Å²) in [7, 11) is 0. The van der Waals surface area contributed by atoms with Crippen molar-refractivity contribution in [1.82, 2.24) is 4.90 Å². The van der Waals surface area contributed by atoms with Crippen LogP contribution in [0, 0.1) is 5.92 Å². The van der Waals surface area contributed by atoms with Crippen molar-refractivity contribution in [2.45, 2.75) is 26.2 Å². The molecule has 0 aliphatic carbocycles. The lowest BCUT2D eigenvalue weighted by atomic mass is 9.95. The number of piperidine rings is 1. The van der Waals surface area contributed by atoms with Crippen LogP contribution in [-0.4, -0.2) is 23.9 Å². The molecule has 1 aliphatic heterocycles. The smallest absolute Gasteiger partial charge is 0.253 e. The normalized spacial score (nSPS) is 20.4. The molecular formula is C14H18BrNO. The average Bonchev–Trinajstić information content (AvgIpc) is 2.39. The molecule has 2 nitrogen and oxygen atoms in total. The number of carbonyl (C=O) groups is 1. The predicted molar refractivity (Wildman–Crippen MR) is 73.1 cm³/mol. The third-order valence-electron chi connectivity index (χ3n) is 3.47. The van der Waals surface area contributed by atoms with Crippen molar-refractivity contribution < 1.29 is 4.79 Å². The SMILES string of the molecule is CCC1CCCN(C(=O)c2ccc(Br)cc2)C1. The van der Waals surface area contributed by atoms with Crippen LogP contribution in [0.15, 0.2) is 28.7 Å². The standard InChI is InChI=1S/C14H18BrNO/c1-2-11-4-3-9-16(10-11)14(17)12-5-7-13(15)8-6-12/h5-8,11H,2-4,9-10H2,1H3. The number of benzene rings is 1. The fraction of sp³-hybridized carbons (Fsp3) is 0.500. The first kappa shape index (κ1) is 12.6. The summed E-state index contributed by atoms with van der Waals surface area (Å²) in [5, 5.41) is 0. The maximum atomic E-state index is 12.3. The summed E-state index contributed by atoms with van der Waals surface area (Å²) >= 11 is 3.39. The van der Waals surface area contributed by atoms with E-state index in [0.29, 0.717) is 5.92 Å². The van der Waals surface area contributed by atoms with Crippen LogP contribution in [0.5, 0.6) is 0 Å². The molecule has 1 atom stereocenters. The molecule has 0 aromatic heterocycles. The van der Waals surface area contributed by atoms with E-state index >= 15 is 0 Å². The van der Waals surface area contributed by atoms with Gasteiger partial charge >= 0.3 is 0 Å². The molecule has 0 bridgehead atoms. The minimum atomic E-state index is 0.177. The molecule has 0 N–H and O–H groups in total. The molecule has 1 heterocycles. The van der Waals surface area contributed by atoms with Crippen LogP contribution in [0.3, 0.4) is 0 Å². The van der Waals surface area contributed by atoms with Crippen LogP contribution < -0.4 is 0 Å². The highest BCUT2D eigenvalue weighted by atomic mass is 79.9. The molecule has 1 unspecified atom stereocenters. The number of halogens is 1. The van der Waals surface area contributed by atoms with Gasteiger partial charge in [0.15, 0.2) is 0 Å². The molecule has 2 rings (SSSR count). The summed E-state index contributed by atoms with van der Waals surface area (Å²) in [6, 6.07) is 7.63. The van der Waals surface area contributed by atoms with Gasteiger partial charge in [0, 0.05) is 23.1 Å². The summed E-state index contributed by atoms with van der Waals surface area (Å²) in [5.74, 6) is 0.860. The van der Waals surface area contributed by atoms with Crippen molar-refractivity contribution in [3.05, 3.63) is 34.3 Å². The highest BCUT2D eigenvalue weighted by Crippen LogP contribution is 2.21. The lowest BCUT2D eigenvalue weighted by molar-refractivity contribution is 0.0671. The molecule has 0 radical (unpaired) electrons. The van der Waals surface area contributed by atoms with E-state index in [0.717, 1.165) is 29.5 Å². The van der Waals surface area contributed by atoms with Gasteiger partial charge in [-0.1, -0.05) is 29.3 Å². The van der Waals surface area contributed by atoms with Gasteiger partial charge in [0.05, 0.1) is 0 Å². The fourth-order valence-corrected chi connectivity index (χ4v) is 2.62. The van der Waals surface area contributed by atoms with E-state index in [9.17, 15) is 4.79 Å². The zero-order valence-corrected chi connectivity index (χ0v) is 11.7. The Morgan fingerprint density at radius 3 is 2.76 bits per heavy atom. The number of hydrogen-bond acceptors (Lipinski definition) is 1. The molecule has 1 aliphatic rings. The first-order valence-corrected chi connectivity index (χ1v) is 7.05. The molecule has 1 aromatic carbocycles. The molecule has 17 heavy (non-hydrogen) atoms. The Hall–Kier alpha value is -0.830. The largest absolute Gasteiger partial charge is 0.338 e. The lowest BCUT2D eigenvalue weighted by Crippen LogP contribution is -2.39. The third-order valence-corrected chi connectivity index (χ3v) is 4.00.